The molecule has 2 aromatic heterocycles. The third-order valence-corrected chi connectivity index (χ3v) is 6.63. The minimum Gasteiger partial charge on any atom is -0.493 e. The van der Waals surface area contributed by atoms with E-state index in [0.29, 0.717) is 22.9 Å². The van der Waals surface area contributed by atoms with Crippen molar-refractivity contribution in [1.82, 2.24) is 24.6 Å². The third kappa shape index (κ3) is 3.80. The summed E-state index contributed by atoms with van der Waals surface area (Å²) in [5, 5.41) is 5.07. The van der Waals surface area contributed by atoms with Crippen LogP contribution in [0.4, 0.5) is 0 Å². The van der Waals surface area contributed by atoms with E-state index in [9.17, 15) is 4.79 Å². The molecule has 1 saturated carbocycles. The van der Waals surface area contributed by atoms with E-state index in [-0.39, 0.29) is 17.7 Å². The van der Waals surface area contributed by atoms with E-state index in [1.165, 1.54) is 12.8 Å². The molecule has 5 rings (SSSR count). The van der Waals surface area contributed by atoms with Gasteiger partial charge in [-0.15, -0.1) is 0 Å². The molecule has 31 heavy (non-hydrogen) atoms. The molecule has 1 aliphatic carbocycles. The number of benzene rings is 1. The lowest BCUT2D eigenvalue weighted by Crippen LogP contribution is -2.30. The molecular formula is C23H29N5O3. The van der Waals surface area contributed by atoms with Gasteiger partial charge in [-0.05, 0) is 38.3 Å². The number of nitrogens with zero attached hydrogens (tertiary/aromatic N) is 4. The molecule has 0 spiro atoms. The summed E-state index contributed by atoms with van der Waals surface area (Å²) in [5.41, 5.74) is 0.593. The van der Waals surface area contributed by atoms with Crippen molar-refractivity contribution in [3.63, 3.8) is 0 Å². The fraction of sp³-hybridized carbons (Fsp3) is 0.522. The second-order valence-corrected chi connectivity index (χ2v) is 8.57. The quantitative estimate of drug-likeness (QED) is 0.654. The molecule has 1 N–H and O–H groups in total. The molecule has 0 bridgehead atoms. The van der Waals surface area contributed by atoms with Gasteiger partial charge in [0.2, 0.25) is 0 Å². The second kappa shape index (κ2) is 8.34. The van der Waals surface area contributed by atoms with Crippen LogP contribution in [0.15, 0.2) is 35.3 Å². The van der Waals surface area contributed by atoms with E-state index < -0.39 is 0 Å². The largest absolute Gasteiger partial charge is 0.493 e. The molecule has 0 amide bonds. The van der Waals surface area contributed by atoms with Gasteiger partial charge in [0.15, 0.2) is 17.1 Å². The fourth-order valence-corrected chi connectivity index (χ4v) is 4.84. The van der Waals surface area contributed by atoms with Crippen LogP contribution < -0.4 is 15.0 Å². The number of methoxy groups -OCH3 is 1. The fourth-order valence-electron chi connectivity index (χ4n) is 4.84. The Morgan fingerprint density at radius 2 is 1.94 bits per heavy atom. The Labute approximate surface area is 181 Å². The number of hydrogen-bond donors (Lipinski definition) is 1. The Balaban J connectivity index is 1.35. The van der Waals surface area contributed by atoms with E-state index in [1.807, 2.05) is 28.9 Å². The van der Waals surface area contributed by atoms with E-state index in [1.54, 1.807) is 13.3 Å². The molecule has 3 aromatic rings. The molecule has 8 heteroatoms. The van der Waals surface area contributed by atoms with E-state index >= 15 is 0 Å². The highest BCUT2D eigenvalue weighted by Gasteiger charge is 2.30. The van der Waals surface area contributed by atoms with Crippen LogP contribution in [-0.2, 0) is 0 Å². The lowest BCUT2D eigenvalue weighted by atomic mass is 10.2. The van der Waals surface area contributed by atoms with E-state index in [0.717, 1.165) is 43.9 Å². The average molecular weight is 424 g/mol. The van der Waals surface area contributed by atoms with Gasteiger partial charge >= 0.3 is 0 Å². The Morgan fingerprint density at radius 3 is 2.71 bits per heavy atom. The van der Waals surface area contributed by atoms with Crippen LogP contribution in [0.5, 0.6) is 11.5 Å². The number of nitrogens with one attached hydrogen (secondary N) is 1. The molecule has 1 saturated heterocycles. The van der Waals surface area contributed by atoms with Crippen molar-refractivity contribution in [2.75, 3.05) is 20.2 Å². The summed E-state index contributed by atoms with van der Waals surface area (Å²) < 4.78 is 13.6. The van der Waals surface area contributed by atoms with Gasteiger partial charge in [-0.1, -0.05) is 25.0 Å². The first-order valence-electron chi connectivity index (χ1n) is 11.1. The van der Waals surface area contributed by atoms with Gasteiger partial charge in [-0.2, -0.15) is 5.10 Å². The van der Waals surface area contributed by atoms with Crippen LogP contribution in [0.1, 0.15) is 56.9 Å². The molecule has 1 aromatic carbocycles. The number of aromatic amines is 1. The maximum atomic E-state index is 12.7. The molecule has 164 valence electrons. The number of likely N-dealkylation sites (tertiary alicyclic amines) is 1. The maximum Gasteiger partial charge on any atom is 0.262 e. The van der Waals surface area contributed by atoms with Gasteiger partial charge < -0.3 is 14.5 Å². The minimum atomic E-state index is -0.114. The number of rotatable bonds is 6. The van der Waals surface area contributed by atoms with Crippen molar-refractivity contribution < 1.29 is 9.47 Å². The van der Waals surface area contributed by atoms with Crippen molar-refractivity contribution in [3.05, 3.63) is 46.6 Å². The summed E-state index contributed by atoms with van der Waals surface area (Å²) in [7, 11) is 1.65. The van der Waals surface area contributed by atoms with Crippen LogP contribution in [0.2, 0.25) is 0 Å². The van der Waals surface area contributed by atoms with Crippen LogP contribution in [-0.4, -0.2) is 51.0 Å². The van der Waals surface area contributed by atoms with Gasteiger partial charge in [0.05, 0.1) is 25.4 Å². The highest BCUT2D eigenvalue weighted by molar-refractivity contribution is 5.73. The zero-order valence-electron chi connectivity index (χ0n) is 18.1. The number of ether oxygens (including phenoxy) is 2. The number of para-hydroxylation sites is 2. The van der Waals surface area contributed by atoms with Crippen LogP contribution in [0, 0.1) is 0 Å². The van der Waals surface area contributed by atoms with Crippen LogP contribution in [0.3, 0.4) is 0 Å². The van der Waals surface area contributed by atoms with Gasteiger partial charge in [-0.3, -0.25) is 9.69 Å². The van der Waals surface area contributed by atoms with E-state index in [4.69, 9.17) is 14.5 Å². The predicted molar refractivity (Wildman–Crippen MR) is 118 cm³/mol. The van der Waals surface area contributed by atoms with E-state index in [2.05, 4.69) is 21.9 Å². The maximum absolute atomic E-state index is 12.7. The first-order valence-corrected chi connectivity index (χ1v) is 11.1. The number of H-pyrrole nitrogens is 1. The molecule has 1 aliphatic heterocycles. The minimum absolute atomic E-state index is 0.0182. The summed E-state index contributed by atoms with van der Waals surface area (Å²) in [4.78, 5) is 22.9. The number of fused-ring (bicyclic) bond motifs is 1. The predicted octanol–water partition coefficient (Wildman–Crippen LogP) is 3.46. The smallest absolute Gasteiger partial charge is 0.262 e. The lowest BCUT2D eigenvalue weighted by molar-refractivity contribution is 0.175. The molecule has 2 aliphatic rings. The number of hydrogen-bond acceptors (Lipinski definition) is 6. The summed E-state index contributed by atoms with van der Waals surface area (Å²) in [6.07, 6.45) is 7.25. The Morgan fingerprint density at radius 1 is 1.16 bits per heavy atom. The molecule has 1 unspecified atom stereocenters. The highest BCUT2D eigenvalue weighted by Crippen LogP contribution is 2.32. The summed E-state index contributed by atoms with van der Waals surface area (Å²) in [6.45, 7) is 3.74. The topological polar surface area (TPSA) is 85.3 Å². The SMILES string of the molecule is COc1ccccc1O[C@@H]1CCN(C(C)c2nc3c(cnn3C3CCCC3)c(=O)[nH]2)C1. The Bertz CT molecular complexity index is 1120. The van der Waals surface area contributed by atoms with Crippen molar-refractivity contribution in [1.29, 1.82) is 0 Å². The summed E-state index contributed by atoms with van der Waals surface area (Å²) in [5.74, 6) is 2.19. The third-order valence-electron chi connectivity index (χ3n) is 6.63. The standard InChI is InChI=1S/C23H29N5O3/c1-15(27-12-11-17(14-27)31-20-10-6-5-9-19(20)30-2)21-25-22-18(23(29)26-21)13-24-28(22)16-7-3-4-8-16/h5-6,9-10,13,15-17H,3-4,7-8,11-12,14H2,1-2H3,(H,25,26,29)/t15?,17-/m1/s1. The summed E-state index contributed by atoms with van der Waals surface area (Å²) >= 11 is 0. The molecule has 2 atom stereocenters. The van der Waals surface area contributed by atoms with Gasteiger partial charge in [-0.25, -0.2) is 9.67 Å². The zero-order valence-corrected chi connectivity index (χ0v) is 18.1. The molecule has 2 fully saturated rings. The number of aromatic nitrogens is 4. The molecular weight excluding hydrogens is 394 g/mol. The Kier molecular flexibility index (Phi) is 5.40. The normalized spacial score (nSPS) is 21.0. The first kappa shape index (κ1) is 20.1. The summed E-state index contributed by atoms with van der Waals surface area (Å²) in [6, 6.07) is 8.05. The lowest BCUT2D eigenvalue weighted by Gasteiger charge is -2.24. The molecule has 3 heterocycles. The molecule has 8 nitrogen and oxygen atoms in total. The van der Waals surface area contributed by atoms with Crippen molar-refractivity contribution in [2.45, 2.75) is 57.2 Å². The van der Waals surface area contributed by atoms with Crippen molar-refractivity contribution in [2.24, 2.45) is 0 Å². The molecule has 0 radical (unpaired) electrons. The van der Waals surface area contributed by atoms with Gasteiger partial charge in [0.1, 0.15) is 17.3 Å². The Hall–Kier alpha value is -2.87. The van der Waals surface area contributed by atoms with Gasteiger partial charge in [0.25, 0.3) is 5.56 Å². The highest BCUT2D eigenvalue weighted by atomic mass is 16.5. The monoisotopic (exact) mass is 423 g/mol. The first-order chi connectivity index (χ1) is 15.1. The van der Waals surface area contributed by atoms with Gasteiger partial charge in [0, 0.05) is 13.1 Å². The average Bonchev–Trinajstić information content (AvgIpc) is 3.54. The second-order valence-electron chi connectivity index (χ2n) is 8.57. The van der Waals surface area contributed by atoms with Crippen LogP contribution >= 0.6 is 0 Å². The van der Waals surface area contributed by atoms with Crippen LogP contribution in [0.25, 0.3) is 11.0 Å². The van der Waals surface area contributed by atoms with Crippen molar-refractivity contribution >= 4 is 11.0 Å². The van der Waals surface area contributed by atoms with Crippen molar-refractivity contribution in [3.8, 4) is 11.5 Å². The zero-order chi connectivity index (χ0) is 21.4.